The van der Waals surface area contributed by atoms with E-state index in [0.717, 1.165) is 0 Å². The van der Waals surface area contributed by atoms with Gasteiger partial charge in [0.25, 0.3) is 0 Å². The predicted octanol–water partition coefficient (Wildman–Crippen LogP) is 3.44. The summed E-state index contributed by atoms with van der Waals surface area (Å²) in [6, 6.07) is 18.0. The lowest BCUT2D eigenvalue weighted by Crippen LogP contribution is -2.44. The van der Waals surface area contributed by atoms with Gasteiger partial charge in [0.15, 0.2) is 0 Å². The summed E-state index contributed by atoms with van der Waals surface area (Å²) in [7, 11) is 0. The molecule has 2 atom stereocenters. The number of carbonyl (C=O) groups is 2. The van der Waals surface area contributed by atoms with Crippen LogP contribution < -0.4 is 16.5 Å². The average Bonchev–Trinajstić information content (AvgIpc) is 2.62. The summed E-state index contributed by atoms with van der Waals surface area (Å²) in [5.74, 6) is 5.94. The number of hydrogen-bond acceptors (Lipinski definition) is 6. The Bertz CT molecular complexity index is 679. The van der Waals surface area contributed by atoms with Crippen molar-refractivity contribution < 1.29 is 19.1 Å². The van der Waals surface area contributed by atoms with E-state index in [1.165, 1.54) is 5.01 Å². The Morgan fingerprint density at radius 1 is 0.821 bits per heavy atom. The first-order valence-corrected chi connectivity index (χ1v) is 8.97. The summed E-state index contributed by atoms with van der Waals surface area (Å²) in [4.78, 5) is 23.8. The largest absolute Gasteiger partial charge is 0.445 e. The van der Waals surface area contributed by atoms with Crippen molar-refractivity contribution in [3.8, 4) is 0 Å². The number of nitrogens with one attached hydrogen (secondary N) is 2. The maximum Gasteiger partial charge on any atom is 0.411 e. The van der Waals surface area contributed by atoms with E-state index in [0.29, 0.717) is 11.4 Å². The number of nitrogens with zero attached hydrogens (tertiary/aromatic N) is 1. The van der Waals surface area contributed by atoms with Crippen LogP contribution in [0.25, 0.3) is 0 Å². The van der Waals surface area contributed by atoms with Crippen LogP contribution >= 0.6 is 0 Å². The number of carbonyl (C=O) groups excluding carboxylic acids is 2. The number of rotatable bonds is 8. The van der Waals surface area contributed by atoms with Gasteiger partial charge >= 0.3 is 12.2 Å². The number of benzene rings is 2. The van der Waals surface area contributed by atoms with Crippen molar-refractivity contribution in [1.82, 2.24) is 5.01 Å². The van der Waals surface area contributed by atoms with Crippen molar-refractivity contribution in [2.75, 3.05) is 23.7 Å². The SMILES string of the molecule is CC(CN(N)CC(C)OC(=O)Nc1ccccc1)OC(=O)Nc1ccccc1. The van der Waals surface area contributed by atoms with Crippen molar-refractivity contribution >= 4 is 23.6 Å². The molecule has 2 amide bonds. The molecule has 8 heteroatoms. The highest BCUT2D eigenvalue weighted by Crippen LogP contribution is 2.08. The Balaban J connectivity index is 1.67. The average molecular weight is 386 g/mol. The van der Waals surface area contributed by atoms with Crippen molar-refractivity contribution in [3.05, 3.63) is 60.7 Å². The predicted molar refractivity (Wildman–Crippen MR) is 108 cm³/mol. The minimum Gasteiger partial charge on any atom is -0.445 e. The van der Waals surface area contributed by atoms with Gasteiger partial charge in [0.2, 0.25) is 0 Å². The number of para-hydroxylation sites is 2. The Labute approximate surface area is 164 Å². The molecule has 28 heavy (non-hydrogen) atoms. The van der Waals surface area contributed by atoms with Gasteiger partial charge in [0, 0.05) is 11.4 Å². The molecule has 0 aliphatic rings. The first kappa shape index (κ1) is 21.2. The monoisotopic (exact) mass is 386 g/mol. The molecule has 0 bridgehead atoms. The van der Waals surface area contributed by atoms with Crippen LogP contribution in [0.4, 0.5) is 21.0 Å². The molecule has 0 aliphatic heterocycles. The lowest BCUT2D eigenvalue weighted by atomic mass is 10.3. The summed E-state index contributed by atoms with van der Waals surface area (Å²) in [6.45, 7) is 4.04. The van der Waals surface area contributed by atoms with Gasteiger partial charge in [0.05, 0.1) is 13.1 Å². The van der Waals surface area contributed by atoms with Gasteiger partial charge in [0.1, 0.15) is 12.2 Å². The second-order valence-corrected chi connectivity index (χ2v) is 6.37. The minimum absolute atomic E-state index is 0.288. The van der Waals surface area contributed by atoms with Crippen molar-refractivity contribution in [3.63, 3.8) is 0 Å². The highest BCUT2D eigenvalue weighted by molar-refractivity contribution is 5.85. The van der Waals surface area contributed by atoms with Crippen LogP contribution in [0.2, 0.25) is 0 Å². The van der Waals surface area contributed by atoms with E-state index < -0.39 is 24.4 Å². The van der Waals surface area contributed by atoms with Crippen molar-refractivity contribution in [2.24, 2.45) is 5.84 Å². The summed E-state index contributed by atoms with van der Waals surface area (Å²) < 4.78 is 10.5. The molecule has 2 rings (SSSR count). The smallest absolute Gasteiger partial charge is 0.411 e. The Morgan fingerprint density at radius 3 is 1.54 bits per heavy atom. The van der Waals surface area contributed by atoms with Crippen LogP contribution in [-0.2, 0) is 9.47 Å². The highest BCUT2D eigenvalue weighted by atomic mass is 16.6. The van der Waals surface area contributed by atoms with E-state index in [1.807, 2.05) is 36.4 Å². The third-order valence-electron chi connectivity index (χ3n) is 3.64. The normalized spacial score (nSPS) is 12.7. The van der Waals surface area contributed by atoms with Gasteiger partial charge in [-0.1, -0.05) is 36.4 Å². The van der Waals surface area contributed by atoms with E-state index in [-0.39, 0.29) is 13.1 Å². The maximum atomic E-state index is 11.9. The summed E-state index contributed by atoms with van der Waals surface area (Å²) in [5, 5.41) is 6.72. The Morgan fingerprint density at radius 2 is 1.18 bits per heavy atom. The number of amides is 2. The summed E-state index contributed by atoms with van der Waals surface area (Å²) in [6.07, 6.45) is -2.00. The third-order valence-corrected chi connectivity index (χ3v) is 3.64. The topological polar surface area (TPSA) is 106 Å². The van der Waals surface area contributed by atoms with Gasteiger partial charge in [-0.2, -0.15) is 0 Å². The number of ether oxygens (including phenoxy) is 2. The molecule has 0 heterocycles. The first-order chi connectivity index (χ1) is 13.4. The zero-order chi connectivity index (χ0) is 20.4. The number of anilines is 2. The standard InChI is InChI=1S/C20H26N4O4/c1-15(27-19(25)22-17-9-5-3-6-10-17)13-24(21)14-16(2)28-20(26)23-18-11-7-4-8-12-18/h3-12,15-16H,13-14,21H2,1-2H3,(H,22,25)(H,23,26). The lowest BCUT2D eigenvalue weighted by Gasteiger charge is -2.24. The van der Waals surface area contributed by atoms with E-state index in [4.69, 9.17) is 15.3 Å². The molecule has 0 spiro atoms. The number of hydrogen-bond donors (Lipinski definition) is 3. The minimum atomic E-state index is -0.557. The molecule has 0 fully saturated rings. The van der Waals surface area contributed by atoms with Crippen molar-refractivity contribution in [1.29, 1.82) is 0 Å². The van der Waals surface area contributed by atoms with Crippen molar-refractivity contribution in [2.45, 2.75) is 26.1 Å². The third kappa shape index (κ3) is 8.07. The lowest BCUT2D eigenvalue weighted by molar-refractivity contribution is 0.0592. The van der Waals surface area contributed by atoms with E-state index in [1.54, 1.807) is 38.1 Å². The fourth-order valence-electron chi connectivity index (χ4n) is 2.51. The number of nitrogens with two attached hydrogens (primary N) is 1. The fourth-order valence-corrected chi connectivity index (χ4v) is 2.51. The quantitative estimate of drug-likeness (QED) is 0.474. The van der Waals surface area contributed by atoms with E-state index >= 15 is 0 Å². The molecule has 2 aromatic carbocycles. The van der Waals surface area contributed by atoms with Crippen LogP contribution in [0.1, 0.15) is 13.8 Å². The summed E-state index contributed by atoms with van der Waals surface area (Å²) in [5.41, 5.74) is 1.30. The zero-order valence-corrected chi connectivity index (χ0v) is 16.0. The van der Waals surface area contributed by atoms with E-state index in [9.17, 15) is 9.59 Å². The molecule has 2 aromatic rings. The Hall–Kier alpha value is -3.10. The second kappa shape index (κ2) is 10.9. The highest BCUT2D eigenvalue weighted by Gasteiger charge is 2.16. The molecule has 0 aliphatic carbocycles. The zero-order valence-electron chi connectivity index (χ0n) is 16.0. The first-order valence-electron chi connectivity index (χ1n) is 8.97. The molecular formula is C20H26N4O4. The van der Waals surface area contributed by atoms with Gasteiger partial charge in [-0.3, -0.25) is 16.5 Å². The van der Waals surface area contributed by atoms with Gasteiger partial charge < -0.3 is 9.47 Å². The maximum absolute atomic E-state index is 11.9. The van der Waals surface area contributed by atoms with Crippen LogP contribution in [0.15, 0.2) is 60.7 Å². The van der Waals surface area contributed by atoms with Crippen LogP contribution in [-0.4, -0.2) is 42.5 Å². The molecule has 4 N–H and O–H groups in total. The second-order valence-electron chi connectivity index (χ2n) is 6.37. The van der Waals surface area contributed by atoms with Crippen LogP contribution in [0.5, 0.6) is 0 Å². The molecule has 2 unspecified atom stereocenters. The number of hydrazine groups is 1. The molecular weight excluding hydrogens is 360 g/mol. The van der Waals surface area contributed by atoms with Crippen LogP contribution in [0.3, 0.4) is 0 Å². The molecule has 150 valence electrons. The van der Waals surface area contributed by atoms with Gasteiger partial charge in [-0.15, -0.1) is 0 Å². The Kier molecular flexibility index (Phi) is 8.26. The van der Waals surface area contributed by atoms with E-state index in [2.05, 4.69) is 10.6 Å². The fraction of sp³-hybridized carbons (Fsp3) is 0.300. The molecule has 0 aromatic heterocycles. The molecule has 0 saturated heterocycles. The molecule has 8 nitrogen and oxygen atoms in total. The van der Waals surface area contributed by atoms with Crippen LogP contribution in [0, 0.1) is 0 Å². The van der Waals surface area contributed by atoms with Gasteiger partial charge in [-0.05, 0) is 38.1 Å². The van der Waals surface area contributed by atoms with Gasteiger partial charge in [-0.25, -0.2) is 14.6 Å². The molecule has 0 saturated carbocycles. The summed E-state index contributed by atoms with van der Waals surface area (Å²) >= 11 is 0. The molecule has 0 radical (unpaired) electrons.